The molecule has 0 saturated carbocycles. The fourth-order valence-electron chi connectivity index (χ4n) is 9.59. The van der Waals surface area contributed by atoms with Gasteiger partial charge in [-0.3, -0.25) is 57.7 Å². The highest BCUT2D eigenvalue weighted by molar-refractivity contribution is 7.80. The Morgan fingerprint density at radius 2 is 1.30 bits per heavy atom. The normalized spacial score (nSPS) is 15.6. The molecule has 2 aromatic carbocycles. The monoisotopic (exact) mass is 1250 g/mol. The van der Waals surface area contributed by atoms with Crippen LogP contribution in [0.5, 0.6) is 5.75 Å². The first-order valence-corrected chi connectivity index (χ1v) is 29.0. The molecule has 1 saturated heterocycles. The number of phenolic OH excluding ortho intramolecular Hbond substituents is 1. The number of H-pyrrole nitrogens is 2. The lowest BCUT2D eigenvalue weighted by molar-refractivity contribution is -0.143. The third kappa shape index (κ3) is 21.6. The number of aliphatic hydroxyl groups is 1. The Labute approximate surface area is 510 Å². The van der Waals surface area contributed by atoms with Crippen LogP contribution in [-0.4, -0.2) is 198 Å². The van der Waals surface area contributed by atoms with Gasteiger partial charge in [-0.15, -0.1) is 0 Å². The predicted octanol–water partition coefficient (Wildman–Crippen LogP) is -3.58. The molecular formula is C56H78N16O15S. The van der Waals surface area contributed by atoms with Gasteiger partial charge in [-0.05, 0) is 73.8 Å². The van der Waals surface area contributed by atoms with Crippen LogP contribution in [0.1, 0.15) is 75.6 Å². The summed E-state index contributed by atoms with van der Waals surface area (Å²) in [6, 6.07) is -0.273. The van der Waals surface area contributed by atoms with E-state index in [0.717, 1.165) is 0 Å². The fraction of sp³-hybridized carbons (Fsp3) is 0.482. The first-order valence-electron chi connectivity index (χ1n) is 28.3. The number of rotatable bonds is 35. The Morgan fingerprint density at radius 1 is 0.716 bits per heavy atom. The molecule has 9 amide bonds. The Hall–Kier alpha value is -9.30. The molecule has 1 aliphatic rings. The van der Waals surface area contributed by atoms with Crippen molar-refractivity contribution in [3.05, 3.63) is 84.1 Å². The maximum atomic E-state index is 14.5. The molecule has 0 radical (unpaired) electrons. The van der Waals surface area contributed by atoms with Crippen LogP contribution in [0.4, 0.5) is 0 Å². The SMILES string of the molecule is CC(C)C[C@H](NC(=O)[C@@H](CS)NC(=O)[C@H](Cc1ccc(O)cc1)NC(=O)[C@H](CO)NC(=O)[C@H](Cc1c[nH]c2ccccc12)NC(=O)[C@H](Cc1cnc[nH]1)NC(=O)[C@@H](N)CCC(=O)O)C(=O)N[C@@H](CCCN=C(N)N)C(=O)N1CCC[C@H]1C(=O)NCC(=O)O. The molecule has 4 aromatic rings. The van der Waals surface area contributed by atoms with Gasteiger partial charge in [0, 0.05) is 73.5 Å². The number of nitrogens with one attached hydrogen (secondary N) is 10. The number of likely N-dealkylation sites (tertiary alicyclic amines) is 1. The molecule has 0 unspecified atom stereocenters. The minimum Gasteiger partial charge on any atom is -0.508 e. The number of hydrogen-bond donors (Lipinski definition) is 18. The van der Waals surface area contributed by atoms with Gasteiger partial charge < -0.3 is 95.0 Å². The smallest absolute Gasteiger partial charge is 0.322 e. The molecule has 1 aliphatic heterocycles. The van der Waals surface area contributed by atoms with E-state index < -0.39 is 139 Å². The first-order chi connectivity index (χ1) is 41.9. The number of phenols is 1. The van der Waals surface area contributed by atoms with Crippen LogP contribution in [0.3, 0.4) is 0 Å². The van der Waals surface area contributed by atoms with E-state index in [9.17, 15) is 63.0 Å². The van der Waals surface area contributed by atoms with Crippen molar-refractivity contribution < 1.29 is 73.2 Å². The minimum atomic E-state index is -1.82. The minimum absolute atomic E-state index is 0.0109. The number of fused-ring (bicyclic) bond motifs is 1. The number of nitrogens with zero attached hydrogens (tertiary/aromatic N) is 3. The number of carboxylic acids is 2. The van der Waals surface area contributed by atoms with E-state index in [4.69, 9.17) is 27.4 Å². The highest BCUT2D eigenvalue weighted by Gasteiger charge is 2.40. The molecule has 2 aromatic heterocycles. The van der Waals surface area contributed by atoms with E-state index in [-0.39, 0.29) is 87.8 Å². The summed E-state index contributed by atoms with van der Waals surface area (Å²) in [5.41, 5.74) is 18.9. The zero-order valence-electron chi connectivity index (χ0n) is 48.5. The van der Waals surface area contributed by atoms with Crippen LogP contribution in [-0.2, 0) is 72.0 Å². The molecule has 20 N–H and O–H groups in total. The molecule has 1 fully saturated rings. The van der Waals surface area contributed by atoms with Gasteiger partial charge in [0.2, 0.25) is 53.2 Å². The Kier molecular flexibility index (Phi) is 27.0. The van der Waals surface area contributed by atoms with E-state index in [0.29, 0.717) is 34.1 Å². The number of aromatic hydroxyl groups is 1. The summed E-state index contributed by atoms with van der Waals surface area (Å²) in [6.45, 7) is 1.96. The lowest BCUT2D eigenvalue weighted by Gasteiger charge is -2.30. The summed E-state index contributed by atoms with van der Waals surface area (Å²) in [6.07, 6.45) is 3.68. The second kappa shape index (κ2) is 34.1. The molecular weight excluding hydrogens is 1170 g/mol. The maximum absolute atomic E-state index is 14.5. The molecule has 0 aliphatic carbocycles. The maximum Gasteiger partial charge on any atom is 0.322 e. The van der Waals surface area contributed by atoms with Crippen LogP contribution in [0.25, 0.3) is 10.9 Å². The molecule has 0 spiro atoms. The van der Waals surface area contributed by atoms with E-state index >= 15 is 0 Å². The molecule has 31 nitrogen and oxygen atoms in total. The van der Waals surface area contributed by atoms with Crippen LogP contribution in [0.2, 0.25) is 0 Å². The zero-order valence-corrected chi connectivity index (χ0v) is 49.4. The predicted molar refractivity (Wildman–Crippen MR) is 320 cm³/mol. The van der Waals surface area contributed by atoms with Gasteiger partial charge in [-0.25, -0.2) is 4.98 Å². The van der Waals surface area contributed by atoms with Gasteiger partial charge >= 0.3 is 11.9 Å². The van der Waals surface area contributed by atoms with Crippen molar-refractivity contribution in [2.24, 2.45) is 28.1 Å². The van der Waals surface area contributed by atoms with Crippen LogP contribution >= 0.6 is 12.6 Å². The third-order valence-electron chi connectivity index (χ3n) is 14.1. The molecule has 0 bridgehead atoms. The van der Waals surface area contributed by atoms with Crippen molar-refractivity contribution >= 4 is 94.6 Å². The topological polar surface area (TPSA) is 503 Å². The number of amides is 9. The summed E-state index contributed by atoms with van der Waals surface area (Å²) >= 11 is 4.32. The molecule has 9 atom stereocenters. The number of aromatic nitrogens is 3. The highest BCUT2D eigenvalue weighted by Crippen LogP contribution is 2.22. The molecule has 478 valence electrons. The van der Waals surface area contributed by atoms with Crippen LogP contribution in [0.15, 0.2) is 72.2 Å². The Bertz CT molecular complexity index is 3100. The summed E-state index contributed by atoms with van der Waals surface area (Å²) in [4.78, 5) is 164. The van der Waals surface area contributed by atoms with E-state index in [1.54, 1.807) is 44.3 Å². The quantitative estimate of drug-likeness (QED) is 0.00917. The summed E-state index contributed by atoms with van der Waals surface area (Å²) in [5.74, 6) is -11.4. The van der Waals surface area contributed by atoms with Crippen molar-refractivity contribution in [1.29, 1.82) is 0 Å². The highest BCUT2D eigenvalue weighted by atomic mass is 32.1. The first kappa shape index (κ1) is 69.5. The van der Waals surface area contributed by atoms with Crippen molar-refractivity contribution in [1.82, 2.24) is 62.4 Å². The number of nitrogens with two attached hydrogens (primary N) is 3. The average Bonchev–Trinajstić information content (AvgIpc) is 4.46. The number of imidazole rings is 1. The van der Waals surface area contributed by atoms with Crippen molar-refractivity contribution in [2.75, 3.05) is 32.0 Å². The number of carbonyl (C=O) groups excluding carboxylic acids is 9. The van der Waals surface area contributed by atoms with Crippen LogP contribution in [0, 0.1) is 5.92 Å². The fourth-order valence-corrected chi connectivity index (χ4v) is 9.85. The van der Waals surface area contributed by atoms with E-state index in [1.165, 1.54) is 41.7 Å². The summed E-state index contributed by atoms with van der Waals surface area (Å²) in [7, 11) is 0. The van der Waals surface area contributed by atoms with Crippen molar-refractivity contribution in [2.45, 2.75) is 132 Å². The number of para-hydroxylation sites is 1. The largest absolute Gasteiger partial charge is 0.508 e. The van der Waals surface area contributed by atoms with Crippen LogP contribution < -0.4 is 59.7 Å². The molecule has 88 heavy (non-hydrogen) atoms. The number of hydrogen-bond acceptors (Lipinski definition) is 17. The summed E-state index contributed by atoms with van der Waals surface area (Å²) < 4.78 is 0. The van der Waals surface area contributed by atoms with E-state index in [2.05, 4.69) is 75.1 Å². The van der Waals surface area contributed by atoms with Crippen molar-refractivity contribution in [3.63, 3.8) is 0 Å². The average molecular weight is 1250 g/mol. The Morgan fingerprint density at radius 3 is 1.91 bits per heavy atom. The van der Waals surface area contributed by atoms with Gasteiger partial charge in [0.1, 0.15) is 60.6 Å². The number of aliphatic imine (C=N–C) groups is 1. The second-order valence-electron chi connectivity index (χ2n) is 21.4. The van der Waals surface area contributed by atoms with Gasteiger partial charge in [-0.2, -0.15) is 12.6 Å². The summed E-state index contributed by atoms with van der Waals surface area (Å²) in [5, 5.41) is 60.0. The second-order valence-corrected chi connectivity index (χ2v) is 21.8. The lowest BCUT2D eigenvalue weighted by Crippen LogP contribution is -2.61. The number of carboxylic acid groups (broad SMARTS) is 2. The number of carbonyl (C=O) groups is 11. The van der Waals surface area contributed by atoms with Crippen molar-refractivity contribution in [3.8, 4) is 5.75 Å². The number of thiol groups is 1. The van der Waals surface area contributed by atoms with E-state index in [1.807, 2.05) is 0 Å². The van der Waals surface area contributed by atoms with Gasteiger partial charge in [0.05, 0.1) is 19.0 Å². The number of aromatic amines is 2. The zero-order chi connectivity index (χ0) is 64.6. The van der Waals surface area contributed by atoms with Gasteiger partial charge in [0.15, 0.2) is 5.96 Å². The number of aliphatic carboxylic acids is 2. The number of aliphatic hydroxyl groups excluding tert-OH is 1. The molecule has 32 heteroatoms. The molecule has 3 heterocycles. The Balaban J connectivity index is 1.36. The lowest BCUT2D eigenvalue weighted by atomic mass is 10.0. The number of guanidine groups is 1. The van der Waals surface area contributed by atoms with Gasteiger partial charge in [0.25, 0.3) is 0 Å². The number of benzene rings is 2. The third-order valence-corrected chi connectivity index (χ3v) is 14.5. The standard InChI is InChI=1S/C56H78N16O15S/c1-29(2)19-38(48(80)65-37(9-5-17-61-56(58)59)55(87)72-18-6-10-44(72)54(86)63-25-46(77)78)67-53(85)43(27-88)71-49(81)39(20-30-11-13-33(74)14-12-30)68-52(84)42(26-73)70-50(82)40(21-31-23-62-36-8-4-3-7-34(31)36)69-51(83)41(22-32-24-60-28-64-32)66-47(79)35(57)15-16-45(75)76/h3-4,7-8,11-14,23-24,28-29,35,37-44,62,73-74,88H,5-6,9-10,15-22,25-27,57H2,1-2H3,(H,60,64)(H,63,86)(H,65,80)(H,66,79)(H,67,85)(H,68,84)(H,69,83)(H,70,82)(H,71,81)(H,75,76)(H,77,78)(H4,58,59,61)/t35-,37-,38-,39-,40-,41-,42-,43+,44-/m0/s1. The van der Waals surface area contributed by atoms with Gasteiger partial charge in [-0.1, -0.05) is 44.2 Å². The molecule has 5 rings (SSSR count).